The molecule has 1 N–H and O–H groups in total. The second-order valence-corrected chi connectivity index (χ2v) is 6.10. The molecule has 0 bridgehead atoms. The lowest BCUT2D eigenvalue weighted by Gasteiger charge is -2.22. The van der Waals surface area contributed by atoms with Gasteiger partial charge in [-0.25, -0.2) is 0 Å². The molecular formula is C20H22N2O3. The van der Waals surface area contributed by atoms with Gasteiger partial charge in [-0.3, -0.25) is 9.69 Å². The number of carbonyl (C=O) groups excluding carboxylic acids is 1. The summed E-state index contributed by atoms with van der Waals surface area (Å²) >= 11 is 0. The van der Waals surface area contributed by atoms with Crippen LogP contribution in [0.5, 0.6) is 5.75 Å². The maximum Gasteiger partial charge on any atom is 0.255 e. The number of nitrogens with zero attached hydrogens (tertiary/aromatic N) is 1. The van der Waals surface area contributed by atoms with Crippen molar-refractivity contribution in [2.45, 2.75) is 6.04 Å². The van der Waals surface area contributed by atoms with Gasteiger partial charge in [0.25, 0.3) is 5.91 Å². The van der Waals surface area contributed by atoms with Gasteiger partial charge in [-0.1, -0.05) is 24.3 Å². The molecule has 2 aromatic carbocycles. The van der Waals surface area contributed by atoms with Crippen LogP contribution in [0.3, 0.4) is 0 Å². The molecule has 0 spiro atoms. The van der Waals surface area contributed by atoms with Gasteiger partial charge in [0, 0.05) is 6.54 Å². The molecule has 0 fully saturated rings. The molecule has 1 aromatic heterocycles. The van der Waals surface area contributed by atoms with Crippen molar-refractivity contribution in [3.63, 3.8) is 0 Å². The zero-order valence-corrected chi connectivity index (χ0v) is 14.7. The van der Waals surface area contributed by atoms with Crippen LogP contribution in [-0.2, 0) is 0 Å². The third-order valence-electron chi connectivity index (χ3n) is 4.26. The van der Waals surface area contributed by atoms with Gasteiger partial charge in [0.05, 0.1) is 25.0 Å². The number of methoxy groups -OCH3 is 1. The molecule has 1 unspecified atom stereocenters. The monoisotopic (exact) mass is 338 g/mol. The molecule has 1 atom stereocenters. The molecule has 3 rings (SSSR count). The first-order valence-electron chi connectivity index (χ1n) is 8.15. The van der Waals surface area contributed by atoms with Crippen molar-refractivity contribution in [1.29, 1.82) is 0 Å². The van der Waals surface area contributed by atoms with E-state index >= 15 is 0 Å². The molecule has 0 aliphatic heterocycles. The van der Waals surface area contributed by atoms with E-state index in [1.807, 2.05) is 67.5 Å². The fourth-order valence-corrected chi connectivity index (χ4v) is 2.87. The van der Waals surface area contributed by atoms with E-state index in [1.165, 1.54) is 0 Å². The highest BCUT2D eigenvalue weighted by molar-refractivity contribution is 6.01. The van der Waals surface area contributed by atoms with E-state index in [0.29, 0.717) is 17.9 Å². The molecule has 0 aliphatic rings. The van der Waals surface area contributed by atoms with Gasteiger partial charge in [0.15, 0.2) is 0 Å². The van der Waals surface area contributed by atoms with Crippen LogP contribution in [0.2, 0.25) is 0 Å². The summed E-state index contributed by atoms with van der Waals surface area (Å²) in [5, 5.41) is 5.03. The van der Waals surface area contributed by atoms with Gasteiger partial charge < -0.3 is 14.5 Å². The highest BCUT2D eigenvalue weighted by Gasteiger charge is 2.20. The lowest BCUT2D eigenvalue weighted by atomic mass is 10.1. The van der Waals surface area contributed by atoms with Crippen LogP contribution in [0.25, 0.3) is 10.8 Å². The maximum absolute atomic E-state index is 12.7. The number of amides is 1. The van der Waals surface area contributed by atoms with Crippen molar-refractivity contribution < 1.29 is 13.9 Å². The molecule has 130 valence electrons. The minimum Gasteiger partial charge on any atom is -0.496 e. The lowest BCUT2D eigenvalue weighted by molar-refractivity contribution is 0.0936. The first kappa shape index (κ1) is 17.0. The summed E-state index contributed by atoms with van der Waals surface area (Å²) in [7, 11) is 5.48. The number of likely N-dealkylation sites (N-methyl/N-ethyl adjacent to an activating group) is 1. The molecule has 5 nitrogen and oxygen atoms in total. The highest BCUT2D eigenvalue weighted by Crippen LogP contribution is 2.26. The van der Waals surface area contributed by atoms with Gasteiger partial charge in [0.2, 0.25) is 0 Å². The van der Waals surface area contributed by atoms with E-state index in [9.17, 15) is 4.79 Å². The molecular weight excluding hydrogens is 316 g/mol. The summed E-state index contributed by atoms with van der Waals surface area (Å²) in [6, 6.07) is 15.4. The Morgan fingerprint density at radius 2 is 1.88 bits per heavy atom. The Kier molecular flexibility index (Phi) is 5.05. The van der Waals surface area contributed by atoms with Crippen LogP contribution < -0.4 is 10.1 Å². The molecule has 0 saturated heterocycles. The number of ether oxygens (including phenoxy) is 1. The van der Waals surface area contributed by atoms with E-state index in [1.54, 1.807) is 13.4 Å². The van der Waals surface area contributed by atoms with Crippen LogP contribution in [0, 0.1) is 0 Å². The first-order chi connectivity index (χ1) is 12.1. The minimum absolute atomic E-state index is 0.0367. The number of hydrogen-bond acceptors (Lipinski definition) is 4. The quantitative estimate of drug-likeness (QED) is 0.748. The zero-order valence-electron chi connectivity index (χ0n) is 14.7. The Morgan fingerprint density at radius 3 is 2.48 bits per heavy atom. The Morgan fingerprint density at radius 1 is 1.16 bits per heavy atom. The van der Waals surface area contributed by atoms with Crippen LogP contribution in [-0.4, -0.2) is 38.6 Å². The summed E-state index contributed by atoms with van der Waals surface area (Å²) in [5.41, 5.74) is 0.526. The number of nitrogens with one attached hydrogen (secondary N) is 1. The third kappa shape index (κ3) is 3.67. The van der Waals surface area contributed by atoms with Gasteiger partial charge in [0.1, 0.15) is 11.5 Å². The Bertz CT molecular complexity index is 857. The second kappa shape index (κ2) is 7.40. The number of benzene rings is 2. The first-order valence-corrected chi connectivity index (χ1v) is 8.15. The van der Waals surface area contributed by atoms with Crippen molar-refractivity contribution in [1.82, 2.24) is 10.2 Å². The maximum atomic E-state index is 12.7. The molecule has 0 radical (unpaired) electrons. The number of furan rings is 1. The number of hydrogen-bond donors (Lipinski definition) is 1. The van der Waals surface area contributed by atoms with Crippen molar-refractivity contribution in [3.8, 4) is 5.75 Å². The molecule has 0 aliphatic carbocycles. The largest absolute Gasteiger partial charge is 0.496 e. The predicted octanol–water partition coefficient (Wildman–Crippen LogP) is 3.47. The van der Waals surface area contributed by atoms with Crippen molar-refractivity contribution in [2.75, 3.05) is 27.7 Å². The van der Waals surface area contributed by atoms with Crippen LogP contribution in [0.1, 0.15) is 22.2 Å². The molecule has 1 heterocycles. The Balaban J connectivity index is 1.82. The zero-order chi connectivity index (χ0) is 17.8. The molecule has 1 amide bonds. The van der Waals surface area contributed by atoms with E-state index in [-0.39, 0.29) is 11.9 Å². The average Bonchev–Trinajstić information content (AvgIpc) is 3.14. The molecule has 5 heteroatoms. The van der Waals surface area contributed by atoms with E-state index in [4.69, 9.17) is 9.15 Å². The van der Waals surface area contributed by atoms with Gasteiger partial charge in [-0.05, 0) is 49.1 Å². The van der Waals surface area contributed by atoms with Gasteiger partial charge >= 0.3 is 0 Å². The van der Waals surface area contributed by atoms with Crippen molar-refractivity contribution in [2.24, 2.45) is 0 Å². The smallest absolute Gasteiger partial charge is 0.255 e. The van der Waals surface area contributed by atoms with Crippen molar-refractivity contribution >= 4 is 16.7 Å². The normalized spacial score (nSPS) is 12.3. The second-order valence-electron chi connectivity index (χ2n) is 6.10. The lowest BCUT2D eigenvalue weighted by Crippen LogP contribution is -2.34. The predicted molar refractivity (Wildman–Crippen MR) is 98.0 cm³/mol. The number of rotatable bonds is 6. The fourth-order valence-electron chi connectivity index (χ4n) is 2.87. The number of fused-ring (bicyclic) bond motifs is 1. The SMILES string of the molecule is COc1cc2ccccc2cc1C(=O)NCC(c1ccco1)N(C)C. The molecule has 25 heavy (non-hydrogen) atoms. The van der Waals surface area contributed by atoms with Crippen LogP contribution in [0.15, 0.2) is 59.2 Å². The van der Waals surface area contributed by atoms with Crippen LogP contribution in [0.4, 0.5) is 0 Å². The van der Waals surface area contributed by atoms with Gasteiger partial charge in [-0.2, -0.15) is 0 Å². The third-order valence-corrected chi connectivity index (χ3v) is 4.26. The molecule has 0 saturated carbocycles. The number of carbonyl (C=O) groups is 1. The molecule has 3 aromatic rings. The fraction of sp³-hybridized carbons (Fsp3) is 0.250. The summed E-state index contributed by atoms with van der Waals surface area (Å²) in [6.45, 7) is 0.440. The standard InChI is InChI=1S/C20H22N2O3/c1-22(2)17(18-9-6-10-25-18)13-21-20(23)16-11-14-7-4-5-8-15(14)12-19(16)24-3/h4-12,17H,13H2,1-3H3,(H,21,23). The summed E-state index contributed by atoms with van der Waals surface area (Å²) in [5.74, 6) is 1.22. The van der Waals surface area contributed by atoms with Crippen LogP contribution >= 0.6 is 0 Å². The Hall–Kier alpha value is -2.79. The summed E-state index contributed by atoms with van der Waals surface area (Å²) < 4.78 is 10.9. The summed E-state index contributed by atoms with van der Waals surface area (Å²) in [4.78, 5) is 14.7. The van der Waals surface area contributed by atoms with E-state index < -0.39 is 0 Å². The van der Waals surface area contributed by atoms with E-state index in [2.05, 4.69) is 5.32 Å². The minimum atomic E-state index is -0.166. The topological polar surface area (TPSA) is 54.7 Å². The van der Waals surface area contributed by atoms with E-state index in [0.717, 1.165) is 16.5 Å². The Labute approximate surface area is 147 Å². The highest BCUT2D eigenvalue weighted by atomic mass is 16.5. The summed E-state index contributed by atoms with van der Waals surface area (Å²) in [6.07, 6.45) is 1.64. The average molecular weight is 338 g/mol. The van der Waals surface area contributed by atoms with Gasteiger partial charge in [-0.15, -0.1) is 0 Å². The van der Waals surface area contributed by atoms with Crippen molar-refractivity contribution in [3.05, 3.63) is 66.1 Å².